The number of benzene rings is 2. The predicted octanol–water partition coefficient (Wildman–Crippen LogP) is 4.35. The minimum absolute atomic E-state index is 0.603. The van der Waals surface area contributed by atoms with Crippen LogP contribution in [0.3, 0.4) is 0 Å². The maximum absolute atomic E-state index is 11.0. The minimum Gasteiger partial charge on any atom is -0.381 e. The van der Waals surface area contributed by atoms with Gasteiger partial charge in [-0.2, -0.15) is 5.26 Å². The van der Waals surface area contributed by atoms with Crippen LogP contribution in [0.4, 0.5) is 0 Å². The van der Waals surface area contributed by atoms with Gasteiger partial charge in [0, 0.05) is 17.1 Å². The molecule has 0 aliphatic heterocycles. The van der Waals surface area contributed by atoms with Crippen molar-refractivity contribution in [1.29, 1.82) is 5.26 Å². The SMILES string of the molecule is Cc1cc(C)c2[nH]ccc2c1C(O)c1nc2ccc(C#N)cc2s1. The molecule has 1 atom stereocenters. The molecule has 2 N–H and O–H groups in total. The van der Waals surface area contributed by atoms with Gasteiger partial charge in [-0.15, -0.1) is 11.3 Å². The molecule has 0 fully saturated rings. The number of fused-ring (bicyclic) bond motifs is 2. The van der Waals surface area contributed by atoms with Crippen molar-refractivity contribution >= 4 is 32.5 Å². The first-order chi connectivity index (χ1) is 11.6. The normalized spacial score (nSPS) is 12.6. The fraction of sp³-hybridized carbons (Fsp3) is 0.158. The predicted molar refractivity (Wildman–Crippen MR) is 96.2 cm³/mol. The summed E-state index contributed by atoms with van der Waals surface area (Å²) in [6.07, 6.45) is 1.11. The number of hydrogen-bond acceptors (Lipinski definition) is 4. The van der Waals surface area contributed by atoms with E-state index in [0.717, 1.165) is 37.8 Å². The van der Waals surface area contributed by atoms with Crippen LogP contribution in [-0.4, -0.2) is 15.1 Å². The van der Waals surface area contributed by atoms with E-state index >= 15 is 0 Å². The molecule has 1 unspecified atom stereocenters. The van der Waals surface area contributed by atoms with Crippen molar-refractivity contribution in [2.45, 2.75) is 20.0 Å². The summed E-state index contributed by atoms with van der Waals surface area (Å²) in [5, 5.41) is 21.7. The smallest absolute Gasteiger partial charge is 0.131 e. The lowest BCUT2D eigenvalue weighted by molar-refractivity contribution is 0.221. The number of rotatable bonds is 2. The Balaban J connectivity index is 1.89. The Kier molecular flexibility index (Phi) is 3.38. The van der Waals surface area contributed by atoms with Crippen LogP contribution in [0.1, 0.15) is 33.4 Å². The van der Waals surface area contributed by atoms with Crippen molar-refractivity contribution < 1.29 is 5.11 Å². The first-order valence-corrected chi connectivity index (χ1v) is 8.46. The quantitative estimate of drug-likeness (QED) is 0.573. The number of aryl methyl sites for hydroxylation is 2. The molecule has 0 aliphatic rings. The molecule has 2 aromatic heterocycles. The average molecular weight is 333 g/mol. The van der Waals surface area contributed by atoms with Crippen LogP contribution in [0.15, 0.2) is 36.5 Å². The third kappa shape index (κ3) is 2.20. The molecule has 5 heteroatoms. The van der Waals surface area contributed by atoms with E-state index in [1.54, 1.807) is 6.07 Å². The van der Waals surface area contributed by atoms with Crippen molar-refractivity contribution in [3.8, 4) is 6.07 Å². The summed E-state index contributed by atoms with van der Waals surface area (Å²) >= 11 is 1.43. The number of nitrogens with zero attached hydrogens (tertiary/aromatic N) is 2. The van der Waals surface area contributed by atoms with E-state index in [2.05, 4.69) is 29.0 Å². The van der Waals surface area contributed by atoms with E-state index in [1.807, 2.05) is 31.3 Å². The molecule has 0 aliphatic carbocycles. The Morgan fingerprint density at radius 2 is 2.04 bits per heavy atom. The highest BCUT2D eigenvalue weighted by Crippen LogP contribution is 2.36. The summed E-state index contributed by atoms with van der Waals surface area (Å²) in [6.45, 7) is 4.07. The summed E-state index contributed by atoms with van der Waals surface area (Å²) in [5.74, 6) is 0. The Hall–Kier alpha value is -2.68. The van der Waals surface area contributed by atoms with Crippen molar-refractivity contribution in [2.24, 2.45) is 0 Å². The fourth-order valence-corrected chi connectivity index (χ4v) is 4.23. The molecule has 0 saturated carbocycles. The van der Waals surface area contributed by atoms with Crippen LogP contribution in [0.5, 0.6) is 0 Å². The fourth-order valence-electron chi connectivity index (χ4n) is 3.22. The number of aromatic nitrogens is 2. The Labute approximate surface area is 143 Å². The highest BCUT2D eigenvalue weighted by atomic mass is 32.1. The molecule has 4 nitrogen and oxygen atoms in total. The standard InChI is InChI=1S/C19H15N3OS/c1-10-7-11(2)17-13(5-6-21-17)16(10)18(23)19-22-14-4-3-12(9-20)8-15(14)24-19/h3-8,18,21,23H,1-2H3. The van der Waals surface area contributed by atoms with Gasteiger partial charge in [0.25, 0.3) is 0 Å². The summed E-state index contributed by atoms with van der Waals surface area (Å²) in [6, 6.07) is 11.6. The van der Waals surface area contributed by atoms with E-state index in [0.29, 0.717) is 10.6 Å². The summed E-state index contributed by atoms with van der Waals surface area (Å²) in [5.41, 5.74) is 5.55. The van der Waals surface area contributed by atoms with Crippen LogP contribution in [0.2, 0.25) is 0 Å². The highest BCUT2D eigenvalue weighted by Gasteiger charge is 2.21. The van der Waals surface area contributed by atoms with Crippen LogP contribution in [0.25, 0.3) is 21.1 Å². The zero-order valence-electron chi connectivity index (χ0n) is 13.3. The summed E-state index contributed by atoms with van der Waals surface area (Å²) in [7, 11) is 0. The Morgan fingerprint density at radius 1 is 1.21 bits per heavy atom. The number of H-pyrrole nitrogens is 1. The molecule has 4 aromatic rings. The van der Waals surface area contributed by atoms with Crippen molar-refractivity contribution in [3.63, 3.8) is 0 Å². The van der Waals surface area contributed by atoms with Gasteiger partial charge in [0.2, 0.25) is 0 Å². The van der Waals surface area contributed by atoms with E-state index in [9.17, 15) is 5.11 Å². The minimum atomic E-state index is -0.785. The first-order valence-electron chi connectivity index (χ1n) is 7.64. The molecule has 4 rings (SSSR count). The topological polar surface area (TPSA) is 72.7 Å². The van der Waals surface area contributed by atoms with Crippen molar-refractivity contribution in [3.05, 3.63) is 63.8 Å². The van der Waals surface area contributed by atoms with E-state index in [4.69, 9.17) is 5.26 Å². The van der Waals surface area contributed by atoms with Gasteiger partial charge in [-0.05, 0) is 54.8 Å². The average Bonchev–Trinajstić information content (AvgIpc) is 3.20. The summed E-state index contributed by atoms with van der Waals surface area (Å²) < 4.78 is 0.915. The van der Waals surface area contributed by atoms with Crippen LogP contribution < -0.4 is 0 Å². The molecule has 0 radical (unpaired) electrons. The number of nitriles is 1. The highest BCUT2D eigenvalue weighted by molar-refractivity contribution is 7.18. The molecule has 2 heterocycles. The second-order valence-electron chi connectivity index (χ2n) is 5.94. The van der Waals surface area contributed by atoms with E-state index in [1.165, 1.54) is 11.3 Å². The van der Waals surface area contributed by atoms with E-state index in [-0.39, 0.29) is 0 Å². The van der Waals surface area contributed by atoms with Gasteiger partial charge in [0.1, 0.15) is 11.1 Å². The zero-order chi connectivity index (χ0) is 16.8. The van der Waals surface area contributed by atoms with Gasteiger partial charge in [-0.3, -0.25) is 0 Å². The van der Waals surface area contributed by atoms with Crippen LogP contribution >= 0.6 is 11.3 Å². The van der Waals surface area contributed by atoms with Crippen LogP contribution in [0, 0.1) is 25.2 Å². The summed E-state index contributed by atoms with van der Waals surface area (Å²) in [4.78, 5) is 7.81. The largest absolute Gasteiger partial charge is 0.381 e. The molecular formula is C19H15N3OS. The van der Waals surface area contributed by atoms with Crippen molar-refractivity contribution in [1.82, 2.24) is 9.97 Å². The molecule has 2 aromatic carbocycles. The molecule has 0 spiro atoms. The lowest BCUT2D eigenvalue weighted by Gasteiger charge is -2.14. The molecule has 118 valence electrons. The third-order valence-electron chi connectivity index (χ3n) is 4.33. The maximum Gasteiger partial charge on any atom is 0.131 e. The molecule has 0 amide bonds. The Morgan fingerprint density at radius 3 is 2.83 bits per heavy atom. The Bertz CT molecular complexity index is 1120. The van der Waals surface area contributed by atoms with Crippen LogP contribution in [-0.2, 0) is 0 Å². The van der Waals surface area contributed by atoms with Gasteiger partial charge in [0.05, 0.1) is 21.8 Å². The second kappa shape index (κ2) is 5.45. The molecule has 24 heavy (non-hydrogen) atoms. The molecule has 0 bridgehead atoms. The second-order valence-corrected chi connectivity index (χ2v) is 7.00. The monoisotopic (exact) mass is 333 g/mol. The number of thiazole rings is 1. The van der Waals surface area contributed by atoms with Crippen molar-refractivity contribution in [2.75, 3.05) is 0 Å². The molecular weight excluding hydrogens is 318 g/mol. The number of nitrogens with one attached hydrogen (secondary N) is 1. The zero-order valence-corrected chi connectivity index (χ0v) is 14.1. The van der Waals surface area contributed by atoms with Gasteiger partial charge >= 0.3 is 0 Å². The number of aliphatic hydroxyl groups is 1. The number of hydrogen-bond donors (Lipinski definition) is 2. The number of aliphatic hydroxyl groups excluding tert-OH is 1. The van der Waals surface area contributed by atoms with Gasteiger partial charge < -0.3 is 10.1 Å². The first kappa shape index (κ1) is 14.9. The van der Waals surface area contributed by atoms with E-state index < -0.39 is 6.10 Å². The lowest BCUT2D eigenvalue weighted by Crippen LogP contribution is -2.03. The van der Waals surface area contributed by atoms with Gasteiger partial charge in [0.15, 0.2) is 0 Å². The third-order valence-corrected chi connectivity index (χ3v) is 5.40. The maximum atomic E-state index is 11.0. The number of aromatic amines is 1. The molecule has 0 saturated heterocycles. The van der Waals surface area contributed by atoms with Gasteiger partial charge in [-0.1, -0.05) is 6.07 Å². The van der Waals surface area contributed by atoms with Gasteiger partial charge in [-0.25, -0.2) is 4.98 Å². The lowest BCUT2D eigenvalue weighted by atomic mass is 9.96.